The molecule has 1 aliphatic carbocycles. The van der Waals surface area contributed by atoms with Gasteiger partial charge in [-0.1, -0.05) is 30.3 Å². The van der Waals surface area contributed by atoms with Crippen molar-refractivity contribution in [3.05, 3.63) is 72.3 Å². The fourth-order valence-corrected chi connectivity index (χ4v) is 4.53. The predicted molar refractivity (Wildman–Crippen MR) is 109 cm³/mol. The third-order valence-corrected chi connectivity index (χ3v) is 6.04. The molecule has 0 unspecified atom stereocenters. The Labute approximate surface area is 159 Å². The lowest BCUT2D eigenvalue weighted by Crippen LogP contribution is -2.12. The minimum atomic E-state index is 0.610. The number of rotatable bonds is 3. The van der Waals surface area contributed by atoms with E-state index >= 15 is 0 Å². The van der Waals surface area contributed by atoms with Gasteiger partial charge in [0, 0.05) is 42.2 Å². The van der Waals surface area contributed by atoms with Crippen molar-refractivity contribution in [3.63, 3.8) is 0 Å². The molecule has 4 aromatic rings. The van der Waals surface area contributed by atoms with Crippen LogP contribution in [0.5, 0.6) is 0 Å². The highest BCUT2D eigenvalue weighted by Gasteiger charge is 2.24. The smallest absolute Gasteiger partial charge is 0.137 e. The summed E-state index contributed by atoms with van der Waals surface area (Å²) in [6.07, 6.45) is 13.1. The SMILES string of the molecule is Cn1cc(-c2c[nH]c3ncc(C4CCC(c5ccccc5)CC4)cc23)cn1. The zero-order chi connectivity index (χ0) is 18.2. The quantitative estimate of drug-likeness (QED) is 0.534. The van der Waals surface area contributed by atoms with E-state index in [1.165, 1.54) is 47.8 Å². The fraction of sp³-hybridized carbons (Fsp3) is 0.304. The maximum Gasteiger partial charge on any atom is 0.137 e. The zero-order valence-electron chi connectivity index (χ0n) is 15.6. The van der Waals surface area contributed by atoms with E-state index < -0.39 is 0 Å². The molecular formula is C23H24N4. The van der Waals surface area contributed by atoms with Crippen LogP contribution >= 0.6 is 0 Å². The summed E-state index contributed by atoms with van der Waals surface area (Å²) in [5.41, 5.74) is 6.14. The van der Waals surface area contributed by atoms with E-state index in [9.17, 15) is 0 Å². The highest BCUT2D eigenvalue weighted by molar-refractivity contribution is 5.93. The van der Waals surface area contributed by atoms with Crippen LogP contribution in [-0.4, -0.2) is 19.7 Å². The van der Waals surface area contributed by atoms with Gasteiger partial charge >= 0.3 is 0 Å². The van der Waals surface area contributed by atoms with Gasteiger partial charge in [-0.2, -0.15) is 5.10 Å². The summed E-state index contributed by atoms with van der Waals surface area (Å²) in [6.45, 7) is 0. The molecule has 1 aliphatic rings. The summed E-state index contributed by atoms with van der Waals surface area (Å²) in [5, 5.41) is 5.51. The Morgan fingerprint density at radius 1 is 0.963 bits per heavy atom. The summed E-state index contributed by atoms with van der Waals surface area (Å²) >= 11 is 0. The third kappa shape index (κ3) is 3.05. The molecule has 0 aliphatic heterocycles. The standard InChI is InChI=1S/C23H24N4/c1-27-15-20(13-26-27)22-14-25-23-21(22)11-19(12-24-23)18-9-7-17(8-10-18)16-5-3-2-4-6-16/h2-6,11-15,17-18H,7-10H2,1H3,(H,24,25). The number of benzene rings is 1. The van der Waals surface area contributed by atoms with Gasteiger partial charge < -0.3 is 4.98 Å². The van der Waals surface area contributed by atoms with E-state index in [1.54, 1.807) is 0 Å². The summed E-state index contributed by atoms with van der Waals surface area (Å²) in [6, 6.07) is 13.3. The molecule has 0 saturated heterocycles. The first-order valence-electron chi connectivity index (χ1n) is 9.79. The van der Waals surface area contributed by atoms with E-state index in [0.717, 1.165) is 11.2 Å². The summed E-state index contributed by atoms with van der Waals surface area (Å²) < 4.78 is 1.84. The molecule has 0 spiro atoms. The Kier molecular flexibility index (Phi) is 4.04. The molecule has 136 valence electrons. The van der Waals surface area contributed by atoms with Gasteiger partial charge in [0.25, 0.3) is 0 Å². The number of hydrogen-bond donors (Lipinski definition) is 1. The number of fused-ring (bicyclic) bond motifs is 1. The fourth-order valence-electron chi connectivity index (χ4n) is 4.53. The lowest BCUT2D eigenvalue weighted by Gasteiger charge is -2.29. The molecule has 1 saturated carbocycles. The molecule has 27 heavy (non-hydrogen) atoms. The van der Waals surface area contributed by atoms with Crippen molar-refractivity contribution in [2.24, 2.45) is 7.05 Å². The molecule has 0 amide bonds. The minimum Gasteiger partial charge on any atom is -0.346 e. The lowest BCUT2D eigenvalue weighted by molar-refractivity contribution is 0.396. The van der Waals surface area contributed by atoms with Crippen LogP contribution in [0, 0.1) is 0 Å². The van der Waals surface area contributed by atoms with Crippen molar-refractivity contribution in [2.45, 2.75) is 37.5 Å². The minimum absolute atomic E-state index is 0.610. The van der Waals surface area contributed by atoms with E-state index in [2.05, 4.69) is 58.9 Å². The molecule has 4 heteroatoms. The van der Waals surface area contributed by atoms with Crippen molar-refractivity contribution in [1.29, 1.82) is 0 Å². The van der Waals surface area contributed by atoms with Gasteiger partial charge in [-0.05, 0) is 54.7 Å². The van der Waals surface area contributed by atoms with Crippen LogP contribution in [0.15, 0.2) is 61.2 Å². The van der Waals surface area contributed by atoms with Crippen LogP contribution in [0.1, 0.15) is 48.6 Å². The summed E-state index contributed by atoms with van der Waals surface area (Å²) in [7, 11) is 1.95. The van der Waals surface area contributed by atoms with Gasteiger partial charge in [-0.25, -0.2) is 4.98 Å². The van der Waals surface area contributed by atoms with Crippen molar-refractivity contribution < 1.29 is 0 Å². The van der Waals surface area contributed by atoms with Gasteiger partial charge in [-0.3, -0.25) is 4.68 Å². The first kappa shape index (κ1) is 16.3. The second-order valence-electron chi connectivity index (χ2n) is 7.73. The maximum atomic E-state index is 4.70. The Bertz CT molecular complexity index is 1050. The van der Waals surface area contributed by atoms with Crippen LogP contribution < -0.4 is 0 Å². The molecule has 0 atom stereocenters. The molecule has 0 radical (unpaired) electrons. The number of aromatic nitrogens is 4. The molecule has 0 bridgehead atoms. The second-order valence-corrected chi connectivity index (χ2v) is 7.73. The van der Waals surface area contributed by atoms with Crippen LogP contribution in [0.3, 0.4) is 0 Å². The van der Waals surface area contributed by atoms with Crippen LogP contribution in [-0.2, 0) is 7.05 Å². The van der Waals surface area contributed by atoms with E-state index in [1.807, 2.05) is 24.1 Å². The molecule has 1 aromatic carbocycles. The van der Waals surface area contributed by atoms with Crippen molar-refractivity contribution in [3.8, 4) is 11.1 Å². The third-order valence-electron chi connectivity index (χ3n) is 6.04. The zero-order valence-corrected chi connectivity index (χ0v) is 15.6. The normalized spacial score (nSPS) is 20.2. The number of nitrogens with zero attached hydrogens (tertiary/aromatic N) is 3. The van der Waals surface area contributed by atoms with Crippen LogP contribution in [0.2, 0.25) is 0 Å². The largest absolute Gasteiger partial charge is 0.346 e. The van der Waals surface area contributed by atoms with E-state index in [-0.39, 0.29) is 0 Å². The number of aryl methyl sites for hydroxylation is 1. The molecule has 3 aromatic heterocycles. The molecule has 1 fully saturated rings. The predicted octanol–water partition coefficient (Wildman–Crippen LogP) is 5.40. The van der Waals surface area contributed by atoms with Crippen LogP contribution in [0.4, 0.5) is 0 Å². The number of pyridine rings is 1. The Morgan fingerprint density at radius 3 is 2.41 bits per heavy atom. The van der Waals surface area contributed by atoms with Crippen LogP contribution in [0.25, 0.3) is 22.2 Å². The highest BCUT2D eigenvalue weighted by Crippen LogP contribution is 2.41. The van der Waals surface area contributed by atoms with Gasteiger partial charge in [0.15, 0.2) is 0 Å². The number of aromatic amines is 1. The van der Waals surface area contributed by atoms with Crippen molar-refractivity contribution in [1.82, 2.24) is 19.7 Å². The monoisotopic (exact) mass is 356 g/mol. The van der Waals surface area contributed by atoms with Crippen molar-refractivity contribution >= 4 is 11.0 Å². The van der Waals surface area contributed by atoms with Gasteiger partial charge in [0.2, 0.25) is 0 Å². The Hall–Kier alpha value is -2.88. The second kappa shape index (κ2) is 6.69. The van der Waals surface area contributed by atoms with Gasteiger partial charge in [0.1, 0.15) is 5.65 Å². The molecule has 4 nitrogen and oxygen atoms in total. The van der Waals surface area contributed by atoms with Gasteiger partial charge in [0.05, 0.1) is 6.20 Å². The Balaban J connectivity index is 1.39. The highest BCUT2D eigenvalue weighted by atomic mass is 15.2. The first-order valence-corrected chi connectivity index (χ1v) is 9.79. The van der Waals surface area contributed by atoms with E-state index in [0.29, 0.717) is 11.8 Å². The molecule has 3 heterocycles. The molecule has 5 rings (SSSR count). The van der Waals surface area contributed by atoms with Gasteiger partial charge in [-0.15, -0.1) is 0 Å². The summed E-state index contributed by atoms with van der Waals surface area (Å²) in [5.74, 6) is 1.32. The topological polar surface area (TPSA) is 46.5 Å². The number of hydrogen-bond acceptors (Lipinski definition) is 2. The van der Waals surface area contributed by atoms with E-state index in [4.69, 9.17) is 4.98 Å². The maximum absolute atomic E-state index is 4.70. The average Bonchev–Trinajstić information content (AvgIpc) is 3.34. The average molecular weight is 356 g/mol. The Morgan fingerprint density at radius 2 is 1.70 bits per heavy atom. The number of H-pyrrole nitrogens is 1. The van der Waals surface area contributed by atoms with Crippen molar-refractivity contribution in [2.75, 3.05) is 0 Å². The summed E-state index contributed by atoms with van der Waals surface area (Å²) in [4.78, 5) is 8.01. The number of nitrogens with one attached hydrogen (secondary N) is 1. The lowest BCUT2D eigenvalue weighted by atomic mass is 9.76. The molecule has 1 N–H and O–H groups in total. The molecular weight excluding hydrogens is 332 g/mol. The first-order chi connectivity index (χ1) is 13.3.